The Labute approximate surface area is 183 Å². The highest BCUT2D eigenvalue weighted by Crippen LogP contribution is 2.35. The molecule has 2 heterocycles. The third-order valence-electron chi connectivity index (χ3n) is 4.51. The number of nitrogens with zero attached hydrogens (tertiary/aromatic N) is 1. The van der Waals surface area contributed by atoms with Crippen LogP contribution in [0.4, 0.5) is 0 Å². The number of hydrogen-bond acceptors (Lipinski definition) is 6. The van der Waals surface area contributed by atoms with E-state index in [4.69, 9.17) is 22.4 Å². The maximum absolute atomic E-state index is 12.7. The lowest BCUT2D eigenvalue weighted by atomic mass is 10.1. The number of aliphatic hydroxyl groups excluding tert-OH is 1. The van der Waals surface area contributed by atoms with Gasteiger partial charge in [-0.2, -0.15) is 0 Å². The number of thiophene rings is 1. The fourth-order valence-electron chi connectivity index (χ4n) is 2.93. The third-order valence-corrected chi connectivity index (χ3v) is 6.77. The van der Waals surface area contributed by atoms with Crippen molar-refractivity contribution >= 4 is 57.6 Å². The first-order valence-electron chi connectivity index (χ1n) is 9.24. The average Bonchev–Trinajstić information content (AvgIpc) is 3.27. The van der Waals surface area contributed by atoms with Gasteiger partial charge in [0.25, 0.3) is 5.91 Å². The van der Waals surface area contributed by atoms with Crippen LogP contribution in [0.25, 0.3) is 17.2 Å². The van der Waals surface area contributed by atoms with Crippen molar-refractivity contribution in [2.45, 2.75) is 32.3 Å². The number of amides is 1. The number of carbonyl (C=O) groups excluding carboxylic acids is 1. The van der Waals surface area contributed by atoms with E-state index in [0.717, 1.165) is 34.4 Å². The highest BCUT2D eigenvalue weighted by molar-refractivity contribution is 8.26. The lowest BCUT2D eigenvalue weighted by Gasteiger charge is -2.13. The second-order valence-electron chi connectivity index (χ2n) is 6.63. The number of carboxylic acid groups (broad SMARTS) is 1. The molecule has 1 amide bonds. The van der Waals surface area contributed by atoms with Gasteiger partial charge in [0.05, 0.1) is 11.5 Å². The van der Waals surface area contributed by atoms with Crippen LogP contribution in [0, 0.1) is 0 Å². The Bertz CT molecular complexity index is 934. The van der Waals surface area contributed by atoms with E-state index in [9.17, 15) is 9.59 Å². The van der Waals surface area contributed by atoms with Crippen molar-refractivity contribution in [2.75, 3.05) is 6.54 Å². The Morgan fingerprint density at radius 2 is 1.90 bits per heavy atom. The molecule has 1 aromatic heterocycles. The molecule has 0 unspecified atom stereocenters. The Kier molecular flexibility index (Phi) is 7.60. The van der Waals surface area contributed by atoms with Gasteiger partial charge in [0.1, 0.15) is 4.32 Å². The predicted octanol–water partition coefficient (Wildman–Crippen LogP) is 4.75. The van der Waals surface area contributed by atoms with Crippen molar-refractivity contribution < 1.29 is 19.8 Å². The van der Waals surface area contributed by atoms with E-state index < -0.39 is 5.97 Å². The number of hydrogen-bond donors (Lipinski definition) is 2. The summed E-state index contributed by atoms with van der Waals surface area (Å²) in [6.45, 7) is 0.547. The molecule has 29 heavy (non-hydrogen) atoms. The van der Waals surface area contributed by atoms with Crippen LogP contribution in [-0.2, 0) is 16.2 Å². The largest absolute Gasteiger partial charge is 0.481 e. The van der Waals surface area contributed by atoms with Gasteiger partial charge in [0.15, 0.2) is 0 Å². The van der Waals surface area contributed by atoms with E-state index in [-0.39, 0.29) is 18.9 Å². The van der Waals surface area contributed by atoms with E-state index in [1.807, 2.05) is 41.8 Å². The molecule has 152 valence electrons. The summed E-state index contributed by atoms with van der Waals surface area (Å²) in [5.74, 6) is -0.876. The molecule has 3 rings (SSSR count). The monoisotopic (exact) mass is 447 g/mol. The maximum Gasteiger partial charge on any atom is 0.303 e. The molecule has 2 aromatic rings. The van der Waals surface area contributed by atoms with Gasteiger partial charge in [-0.3, -0.25) is 14.5 Å². The number of thiocarbonyl (C=S) groups is 1. The van der Waals surface area contributed by atoms with Crippen LogP contribution in [0.3, 0.4) is 0 Å². The SMILES string of the molecule is O=C(O)CCCCCN1C(=O)C(=Cc2cc(-c3ccc(CO)cc3)cs2)SC1=S. The van der Waals surface area contributed by atoms with E-state index in [0.29, 0.717) is 22.2 Å². The Morgan fingerprint density at radius 3 is 2.59 bits per heavy atom. The zero-order valence-corrected chi connectivity index (χ0v) is 18.1. The molecule has 1 aliphatic heterocycles. The summed E-state index contributed by atoms with van der Waals surface area (Å²) in [4.78, 5) is 26.4. The summed E-state index contributed by atoms with van der Waals surface area (Å²) >= 11 is 8.23. The van der Waals surface area contributed by atoms with Gasteiger partial charge in [0, 0.05) is 17.8 Å². The number of aliphatic carboxylic acids is 1. The lowest BCUT2D eigenvalue weighted by molar-refractivity contribution is -0.137. The molecule has 0 aliphatic carbocycles. The minimum atomic E-state index is -0.793. The molecule has 5 nitrogen and oxygen atoms in total. The number of carboxylic acids is 1. The van der Waals surface area contributed by atoms with Crippen molar-refractivity contribution in [3.05, 3.63) is 51.1 Å². The summed E-state index contributed by atoms with van der Waals surface area (Å²) in [6, 6.07) is 9.78. The number of benzene rings is 1. The first-order valence-corrected chi connectivity index (χ1v) is 11.3. The molecule has 8 heteroatoms. The van der Waals surface area contributed by atoms with Gasteiger partial charge < -0.3 is 10.2 Å². The molecular formula is C21H21NO4S3. The molecule has 1 saturated heterocycles. The fourth-order valence-corrected chi connectivity index (χ4v) is 5.15. The first-order chi connectivity index (χ1) is 14.0. The predicted molar refractivity (Wildman–Crippen MR) is 122 cm³/mol. The maximum atomic E-state index is 12.7. The van der Waals surface area contributed by atoms with E-state index in [1.54, 1.807) is 16.2 Å². The van der Waals surface area contributed by atoms with Crippen molar-refractivity contribution in [2.24, 2.45) is 0 Å². The number of rotatable bonds is 9. The van der Waals surface area contributed by atoms with Crippen molar-refractivity contribution in [1.82, 2.24) is 4.90 Å². The molecule has 1 fully saturated rings. The Hall–Kier alpha value is -2.00. The van der Waals surface area contributed by atoms with Gasteiger partial charge in [-0.1, -0.05) is 54.7 Å². The van der Waals surface area contributed by atoms with Crippen LogP contribution in [0.15, 0.2) is 40.6 Å². The summed E-state index contributed by atoms with van der Waals surface area (Å²) in [7, 11) is 0. The number of carbonyl (C=O) groups is 2. The van der Waals surface area contributed by atoms with E-state index >= 15 is 0 Å². The second kappa shape index (κ2) is 10.2. The second-order valence-corrected chi connectivity index (χ2v) is 9.25. The van der Waals surface area contributed by atoms with Gasteiger partial charge in [0.2, 0.25) is 0 Å². The molecule has 0 bridgehead atoms. The standard InChI is InChI=1S/C21H21NO4S3/c23-12-14-5-7-15(8-6-14)16-10-17(28-13-16)11-18-20(26)22(21(27)29-18)9-3-1-2-4-19(24)25/h5-8,10-11,13,23H,1-4,9,12H2,(H,24,25). The number of thioether (sulfide) groups is 1. The summed E-state index contributed by atoms with van der Waals surface area (Å²) in [5.41, 5.74) is 3.00. The summed E-state index contributed by atoms with van der Waals surface area (Å²) < 4.78 is 0.552. The average molecular weight is 448 g/mol. The normalized spacial score (nSPS) is 15.5. The quantitative estimate of drug-likeness (QED) is 0.328. The smallest absolute Gasteiger partial charge is 0.303 e. The Balaban J connectivity index is 1.62. The molecule has 0 saturated carbocycles. The first kappa shape index (κ1) is 21.7. The highest BCUT2D eigenvalue weighted by Gasteiger charge is 2.31. The summed E-state index contributed by atoms with van der Waals surface area (Å²) in [6.07, 6.45) is 4.13. The molecule has 2 N–H and O–H groups in total. The zero-order valence-electron chi connectivity index (χ0n) is 15.7. The summed E-state index contributed by atoms with van der Waals surface area (Å²) in [5, 5.41) is 19.9. The molecule has 1 aromatic carbocycles. The molecular weight excluding hydrogens is 426 g/mol. The van der Waals surface area contributed by atoms with Gasteiger partial charge in [-0.25, -0.2) is 0 Å². The van der Waals surface area contributed by atoms with Crippen LogP contribution >= 0.6 is 35.3 Å². The van der Waals surface area contributed by atoms with Crippen LogP contribution in [-0.4, -0.2) is 37.9 Å². The third kappa shape index (κ3) is 5.76. The Morgan fingerprint density at radius 1 is 1.14 bits per heavy atom. The van der Waals surface area contributed by atoms with Gasteiger partial charge in [-0.05, 0) is 47.1 Å². The zero-order chi connectivity index (χ0) is 20.8. The van der Waals surface area contributed by atoms with Crippen LogP contribution in [0.2, 0.25) is 0 Å². The molecule has 0 radical (unpaired) electrons. The molecule has 1 aliphatic rings. The fraction of sp³-hybridized carbons (Fsp3) is 0.286. The van der Waals surface area contributed by atoms with E-state index in [2.05, 4.69) is 0 Å². The van der Waals surface area contributed by atoms with E-state index in [1.165, 1.54) is 11.8 Å². The van der Waals surface area contributed by atoms with Crippen molar-refractivity contribution in [1.29, 1.82) is 0 Å². The number of unbranched alkanes of at least 4 members (excludes halogenated alkanes) is 2. The van der Waals surface area contributed by atoms with Crippen LogP contribution < -0.4 is 0 Å². The lowest BCUT2D eigenvalue weighted by Crippen LogP contribution is -2.29. The molecule has 0 atom stereocenters. The van der Waals surface area contributed by atoms with Crippen LogP contribution in [0.5, 0.6) is 0 Å². The minimum absolute atomic E-state index is 0.0244. The highest BCUT2D eigenvalue weighted by atomic mass is 32.2. The number of aliphatic hydroxyl groups is 1. The molecule has 0 spiro atoms. The van der Waals surface area contributed by atoms with Crippen molar-refractivity contribution in [3.63, 3.8) is 0 Å². The van der Waals surface area contributed by atoms with Gasteiger partial charge >= 0.3 is 5.97 Å². The van der Waals surface area contributed by atoms with Crippen molar-refractivity contribution in [3.8, 4) is 11.1 Å². The topological polar surface area (TPSA) is 77.8 Å². The van der Waals surface area contributed by atoms with Gasteiger partial charge in [-0.15, -0.1) is 11.3 Å². The van der Waals surface area contributed by atoms with Crippen LogP contribution in [0.1, 0.15) is 36.1 Å². The minimum Gasteiger partial charge on any atom is -0.481 e.